The average molecular weight is 286 g/mol. The Balaban J connectivity index is 2.19. The Bertz CT molecular complexity index is 280. The highest BCUT2D eigenvalue weighted by Crippen LogP contribution is 2.13. The van der Waals surface area contributed by atoms with Gasteiger partial charge in [-0.05, 0) is 40.0 Å². The van der Waals surface area contributed by atoms with Crippen molar-refractivity contribution in [2.75, 3.05) is 67.1 Å². The summed E-state index contributed by atoms with van der Waals surface area (Å²) in [6.07, 6.45) is 2.43. The number of carbonyl (C=O) groups is 1. The molecule has 2 N–H and O–H groups in total. The number of likely N-dealkylation sites (tertiary alicyclic amines) is 1. The Morgan fingerprint density at radius 3 is 2.55 bits per heavy atom. The molecule has 0 spiro atoms. The van der Waals surface area contributed by atoms with Crippen molar-refractivity contribution >= 4 is 5.91 Å². The van der Waals surface area contributed by atoms with Gasteiger partial charge < -0.3 is 25.2 Å². The molecule has 1 heterocycles. The zero-order valence-corrected chi connectivity index (χ0v) is 13.2. The second kappa shape index (κ2) is 9.28. The maximum Gasteiger partial charge on any atom is 0.248 e. The molecule has 0 aromatic heterocycles. The van der Waals surface area contributed by atoms with Crippen LogP contribution in [0.15, 0.2) is 0 Å². The lowest BCUT2D eigenvalue weighted by Gasteiger charge is -2.35. The van der Waals surface area contributed by atoms with Gasteiger partial charge in [-0.25, -0.2) is 0 Å². The number of amides is 1. The average Bonchev–Trinajstić information content (AvgIpc) is 2.45. The van der Waals surface area contributed by atoms with Crippen LogP contribution < -0.4 is 5.73 Å². The summed E-state index contributed by atoms with van der Waals surface area (Å²) in [6.45, 7) is 5.01. The molecule has 1 aliphatic rings. The van der Waals surface area contributed by atoms with E-state index in [1.165, 1.54) is 12.8 Å². The van der Waals surface area contributed by atoms with Crippen LogP contribution in [0.4, 0.5) is 0 Å². The lowest BCUT2D eigenvalue weighted by molar-refractivity contribution is -0.134. The fourth-order valence-electron chi connectivity index (χ4n) is 2.40. The number of ether oxygens (including phenoxy) is 1. The van der Waals surface area contributed by atoms with Gasteiger partial charge in [0.25, 0.3) is 0 Å². The van der Waals surface area contributed by atoms with Crippen LogP contribution in [-0.2, 0) is 9.53 Å². The minimum absolute atomic E-state index is 0.0234. The molecule has 0 saturated carbocycles. The normalized spacial score (nSPS) is 17.6. The third-order valence-electron chi connectivity index (χ3n) is 4.01. The molecule has 1 aliphatic heterocycles. The maximum atomic E-state index is 11.8. The fraction of sp³-hybridized carbons (Fsp3) is 0.929. The summed E-state index contributed by atoms with van der Waals surface area (Å²) in [4.78, 5) is 18.3. The first-order valence-electron chi connectivity index (χ1n) is 7.45. The summed E-state index contributed by atoms with van der Waals surface area (Å²) in [5.74, 6) is 0.0234. The van der Waals surface area contributed by atoms with Crippen molar-refractivity contribution in [2.45, 2.75) is 18.9 Å². The van der Waals surface area contributed by atoms with E-state index in [1.807, 2.05) is 7.05 Å². The Labute approximate surface area is 122 Å². The van der Waals surface area contributed by atoms with Crippen LogP contribution in [0.2, 0.25) is 0 Å². The molecule has 1 saturated heterocycles. The first-order chi connectivity index (χ1) is 9.54. The van der Waals surface area contributed by atoms with Crippen molar-refractivity contribution < 1.29 is 9.53 Å². The second-order valence-electron chi connectivity index (χ2n) is 5.67. The molecule has 0 aromatic rings. The molecule has 0 radical (unpaired) electrons. The van der Waals surface area contributed by atoms with E-state index in [4.69, 9.17) is 10.5 Å². The van der Waals surface area contributed by atoms with E-state index in [9.17, 15) is 4.79 Å². The van der Waals surface area contributed by atoms with Crippen molar-refractivity contribution in [1.82, 2.24) is 14.7 Å². The van der Waals surface area contributed by atoms with Gasteiger partial charge in [-0.2, -0.15) is 0 Å². The molecule has 0 aromatic carbocycles. The molecule has 6 heteroatoms. The van der Waals surface area contributed by atoms with Gasteiger partial charge in [-0.15, -0.1) is 0 Å². The van der Waals surface area contributed by atoms with Crippen molar-refractivity contribution in [3.05, 3.63) is 0 Å². The van der Waals surface area contributed by atoms with Crippen LogP contribution in [0.3, 0.4) is 0 Å². The van der Waals surface area contributed by atoms with E-state index in [0.717, 1.165) is 26.2 Å². The van der Waals surface area contributed by atoms with Crippen LogP contribution in [0, 0.1) is 0 Å². The van der Waals surface area contributed by atoms with Gasteiger partial charge in [0.1, 0.15) is 6.61 Å². The Kier molecular flexibility index (Phi) is 8.06. The topological polar surface area (TPSA) is 62.0 Å². The number of nitrogens with two attached hydrogens (primary N) is 1. The van der Waals surface area contributed by atoms with Crippen LogP contribution in [0.25, 0.3) is 0 Å². The van der Waals surface area contributed by atoms with Crippen LogP contribution in [0.5, 0.6) is 0 Å². The SMILES string of the molecule is CN1CCC(N(C)CCN(C)C(=O)COCCN)CC1. The first-order valence-corrected chi connectivity index (χ1v) is 7.45. The molecule has 1 fully saturated rings. The van der Waals surface area contributed by atoms with E-state index >= 15 is 0 Å². The fourth-order valence-corrected chi connectivity index (χ4v) is 2.40. The lowest BCUT2D eigenvalue weighted by Crippen LogP contribution is -2.45. The van der Waals surface area contributed by atoms with Gasteiger partial charge in [-0.3, -0.25) is 4.79 Å². The molecule has 118 valence electrons. The van der Waals surface area contributed by atoms with E-state index in [2.05, 4.69) is 23.9 Å². The predicted molar refractivity (Wildman–Crippen MR) is 80.7 cm³/mol. The highest BCUT2D eigenvalue weighted by molar-refractivity contribution is 5.77. The Morgan fingerprint density at radius 1 is 1.30 bits per heavy atom. The van der Waals surface area contributed by atoms with E-state index in [-0.39, 0.29) is 12.5 Å². The zero-order valence-electron chi connectivity index (χ0n) is 13.2. The highest BCUT2D eigenvalue weighted by Gasteiger charge is 2.20. The summed E-state index contributed by atoms with van der Waals surface area (Å²) in [5.41, 5.74) is 5.32. The third-order valence-corrected chi connectivity index (χ3v) is 4.01. The van der Waals surface area contributed by atoms with Crippen molar-refractivity contribution in [3.8, 4) is 0 Å². The molecule has 0 aliphatic carbocycles. The molecule has 0 bridgehead atoms. The van der Waals surface area contributed by atoms with Gasteiger partial charge in [-0.1, -0.05) is 0 Å². The summed E-state index contributed by atoms with van der Waals surface area (Å²) in [5, 5.41) is 0. The molecule has 0 unspecified atom stereocenters. The monoisotopic (exact) mass is 286 g/mol. The molecule has 6 nitrogen and oxygen atoms in total. The number of likely N-dealkylation sites (N-methyl/N-ethyl adjacent to an activating group) is 2. The van der Waals surface area contributed by atoms with Gasteiger partial charge in [0.05, 0.1) is 6.61 Å². The van der Waals surface area contributed by atoms with E-state index in [1.54, 1.807) is 4.90 Å². The van der Waals surface area contributed by atoms with Crippen LogP contribution in [0.1, 0.15) is 12.8 Å². The minimum Gasteiger partial charge on any atom is -0.370 e. The summed E-state index contributed by atoms with van der Waals surface area (Å²) >= 11 is 0. The molecule has 0 atom stereocenters. The van der Waals surface area contributed by atoms with Crippen LogP contribution in [-0.4, -0.2) is 93.7 Å². The third kappa shape index (κ3) is 6.17. The van der Waals surface area contributed by atoms with Crippen LogP contribution >= 0.6 is 0 Å². The van der Waals surface area contributed by atoms with Crippen molar-refractivity contribution in [1.29, 1.82) is 0 Å². The maximum absolute atomic E-state index is 11.8. The number of nitrogens with zero attached hydrogens (tertiary/aromatic N) is 3. The summed E-state index contributed by atoms with van der Waals surface area (Å²) in [7, 11) is 6.15. The van der Waals surface area contributed by atoms with Gasteiger partial charge in [0.2, 0.25) is 5.91 Å². The number of carbonyl (C=O) groups excluding carboxylic acids is 1. The van der Waals surface area contributed by atoms with E-state index in [0.29, 0.717) is 19.2 Å². The number of piperidine rings is 1. The molecule has 1 amide bonds. The first kappa shape index (κ1) is 17.4. The predicted octanol–water partition coefficient (Wildman–Crippen LogP) is -0.554. The van der Waals surface area contributed by atoms with E-state index < -0.39 is 0 Å². The molecular formula is C14H30N4O2. The molecule has 20 heavy (non-hydrogen) atoms. The zero-order chi connectivity index (χ0) is 15.0. The largest absolute Gasteiger partial charge is 0.370 e. The second-order valence-corrected chi connectivity index (χ2v) is 5.67. The number of hydrogen-bond donors (Lipinski definition) is 1. The Morgan fingerprint density at radius 2 is 1.95 bits per heavy atom. The Hall–Kier alpha value is -0.690. The smallest absolute Gasteiger partial charge is 0.248 e. The lowest BCUT2D eigenvalue weighted by atomic mass is 10.0. The van der Waals surface area contributed by atoms with Crippen molar-refractivity contribution in [3.63, 3.8) is 0 Å². The highest BCUT2D eigenvalue weighted by atomic mass is 16.5. The van der Waals surface area contributed by atoms with Crippen molar-refractivity contribution in [2.24, 2.45) is 5.73 Å². The summed E-state index contributed by atoms with van der Waals surface area (Å²) < 4.78 is 5.17. The molecule has 1 rings (SSSR count). The van der Waals surface area contributed by atoms with Gasteiger partial charge in [0, 0.05) is 32.7 Å². The molecular weight excluding hydrogens is 256 g/mol. The summed E-state index contributed by atoms with van der Waals surface area (Å²) in [6, 6.07) is 0.642. The quantitative estimate of drug-likeness (QED) is 0.607. The standard InChI is InChI=1S/C14H30N4O2/c1-16-7-4-13(5-8-16)17(2)9-10-18(3)14(19)12-20-11-6-15/h13H,4-12,15H2,1-3H3. The van der Waals surface area contributed by atoms with Gasteiger partial charge in [0.15, 0.2) is 0 Å². The number of hydrogen-bond acceptors (Lipinski definition) is 5. The van der Waals surface area contributed by atoms with Gasteiger partial charge >= 0.3 is 0 Å². The minimum atomic E-state index is 0.0234. The number of rotatable bonds is 8.